The first-order valence-corrected chi connectivity index (χ1v) is 6.97. The molecule has 1 aromatic rings. The van der Waals surface area contributed by atoms with Crippen LogP contribution in [-0.2, 0) is 11.3 Å². The van der Waals surface area contributed by atoms with Crippen molar-refractivity contribution < 1.29 is 19.2 Å². The second-order valence-electron chi connectivity index (χ2n) is 5.49. The molecule has 1 fully saturated rings. The lowest BCUT2D eigenvalue weighted by Crippen LogP contribution is -2.33. The summed E-state index contributed by atoms with van der Waals surface area (Å²) in [5.74, 6) is 0.171. The molecule has 0 spiro atoms. The van der Waals surface area contributed by atoms with Crippen LogP contribution >= 0.6 is 0 Å². The third-order valence-corrected chi connectivity index (χ3v) is 3.46. The number of rotatable bonds is 8. The van der Waals surface area contributed by atoms with Crippen molar-refractivity contribution in [2.24, 2.45) is 5.92 Å². The van der Waals surface area contributed by atoms with Crippen LogP contribution in [0.2, 0.25) is 0 Å². The number of likely N-dealkylation sites (N-methyl/N-ethyl adjacent to an activating group) is 1. The van der Waals surface area contributed by atoms with Crippen LogP contribution in [0.4, 0.5) is 4.39 Å². The van der Waals surface area contributed by atoms with E-state index in [0.717, 1.165) is 24.6 Å². The van der Waals surface area contributed by atoms with Gasteiger partial charge in [-0.3, -0.25) is 4.90 Å². The molecule has 4 nitrogen and oxygen atoms in total. The summed E-state index contributed by atoms with van der Waals surface area (Å²) in [7, 11) is 0.181. The van der Waals surface area contributed by atoms with Crippen LogP contribution in [0.1, 0.15) is 18.4 Å². The number of ether oxygens (including phenoxy) is 1. The van der Waals surface area contributed by atoms with Gasteiger partial charge in [0.1, 0.15) is 5.82 Å². The van der Waals surface area contributed by atoms with E-state index in [1.165, 1.54) is 25.0 Å². The van der Waals surface area contributed by atoms with E-state index in [1.807, 2.05) is 7.05 Å². The molecule has 1 saturated carbocycles. The molecule has 0 amide bonds. The van der Waals surface area contributed by atoms with Crippen molar-refractivity contribution in [3.05, 3.63) is 29.6 Å². The molecular formula is C14H21BFNO3. The fourth-order valence-electron chi connectivity index (χ4n) is 2.04. The number of hydrogen-bond acceptors (Lipinski definition) is 4. The van der Waals surface area contributed by atoms with Crippen molar-refractivity contribution in [3.63, 3.8) is 0 Å². The summed E-state index contributed by atoms with van der Waals surface area (Å²) >= 11 is 0. The first-order valence-electron chi connectivity index (χ1n) is 6.97. The Bertz CT molecular complexity index is 440. The Kier molecular flexibility index (Phi) is 5.54. The zero-order valence-electron chi connectivity index (χ0n) is 11.8. The molecule has 0 heterocycles. The second-order valence-corrected chi connectivity index (χ2v) is 5.49. The van der Waals surface area contributed by atoms with Gasteiger partial charge in [0.15, 0.2) is 0 Å². The molecule has 0 aromatic heterocycles. The molecule has 0 aliphatic heterocycles. The van der Waals surface area contributed by atoms with E-state index >= 15 is 0 Å². The Balaban J connectivity index is 1.77. The first-order chi connectivity index (χ1) is 9.56. The quantitative estimate of drug-likeness (QED) is 0.534. The minimum atomic E-state index is -1.78. The summed E-state index contributed by atoms with van der Waals surface area (Å²) in [6.45, 7) is 2.95. The average molecular weight is 281 g/mol. The van der Waals surface area contributed by atoms with Gasteiger partial charge < -0.3 is 14.8 Å². The molecule has 110 valence electrons. The van der Waals surface area contributed by atoms with Gasteiger partial charge in [0.05, 0.1) is 6.61 Å². The van der Waals surface area contributed by atoms with Crippen LogP contribution < -0.4 is 5.46 Å². The van der Waals surface area contributed by atoms with E-state index in [1.54, 1.807) is 6.07 Å². The van der Waals surface area contributed by atoms with Crippen molar-refractivity contribution in [2.75, 3.05) is 26.8 Å². The van der Waals surface area contributed by atoms with Gasteiger partial charge in [-0.2, -0.15) is 0 Å². The number of halogens is 1. The van der Waals surface area contributed by atoms with Crippen LogP contribution in [0, 0.1) is 11.7 Å². The van der Waals surface area contributed by atoms with Gasteiger partial charge in [-0.05, 0) is 37.4 Å². The van der Waals surface area contributed by atoms with Gasteiger partial charge in [-0.25, -0.2) is 4.39 Å². The first kappa shape index (κ1) is 15.4. The molecule has 2 rings (SSSR count). The Morgan fingerprint density at radius 1 is 1.40 bits per heavy atom. The van der Waals surface area contributed by atoms with Crippen molar-refractivity contribution in [1.82, 2.24) is 4.90 Å². The molecule has 0 atom stereocenters. The third kappa shape index (κ3) is 4.87. The van der Waals surface area contributed by atoms with Crippen molar-refractivity contribution in [3.8, 4) is 0 Å². The van der Waals surface area contributed by atoms with Gasteiger partial charge in [0.2, 0.25) is 0 Å². The molecule has 6 heteroatoms. The molecular weight excluding hydrogens is 260 g/mol. The zero-order valence-corrected chi connectivity index (χ0v) is 11.8. The normalized spacial score (nSPS) is 14.8. The van der Waals surface area contributed by atoms with E-state index < -0.39 is 12.9 Å². The molecule has 1 aromatic carbocycles. The highest BCUT2D eigenvalue weighted by Crippen LogP contribution is 2.28. The summed E-state index contributed by atoms with van der Waals surface area (Å²) in [6, 6.07) is 4.41. The number of benzene rings is 1. The monoisotopic (exact) mass is 281 g/mol. The topological polar surface area (TPSA) is 52.9 Å². The largest absolute Gasteiger partial charge is 0.491 e. The summed E-state index contributed by atoms with van der Waals surface area (Å²) in [6.07, 6.45) is 2.58. The van der Waals surface area contributed by atoms with E-state index in [-0.39, 0.29) is 5.46 Å². The fraction of sp³-hybridized carbons (Fsp3) is 0.571. The Labute approximate surface area is 119 Å². The molecule has 20 heavy (non-hydrogen) atoms. The maximum atomic E-state index is 13.3. The smallest absolute Gasteiger partial charge is 0.423 e. The average Bonchev–Trinajstić information content (AvgIpc) is 3.21. The van der Waals surface area contributed by atoms with Gasteiger partial charge in [0, 0.05) is 25.2 Å². The standard InChI is InChI=1S/C14H21BFNO3/c1-17(6-7-20-10-11-2-3-11)9-12-4-5-14(16)13(8-12)15(18)19/h4-5,8,11,18-19H,2-3,6-7,9-10H2,1H3. The van der Waals surface area contributed by atoms with Gasteiger partial charge in [-0.1, -0.05) is 12.1 Å². The van der Waals surface area contributed by atoms with Crippen molar-refractivity contribution >= 4 is 12.6 Å². The van der Waals surface area contributed by atoms with Crippen LogP contribution in [0.3, 0.4) is 0 Å². The molecule has 2 N–H and O–H groups in total. The minimum Gasteiger partial charge on any atom is -0.423 e. The predicted octanol–water partition coefficient (Wildman–Crippen LogP) is 0.364. The predicted molar refractivity (Wildman–Crippen MR) is 76.1 cm³/mol. The summed E-state index contributed by atoms with van der Waals surface area (Å²) in [5.41, 5.74) is 0.764. The summed E-state index contributed by atoms with van der Waals surface area (Å²) < 4.78 is 18.9. The highest BCUT2D eigenvalue weighted by Gasteiger charge is 2.21. The van der Waals surface area contributed by atoms with E-state index in [2.05, 4.69) is 4.90 Å². The van der Waals surface area contributed by atoms with Gasteiger partial charge in [0.25, 0.3) is 0 Å². The SMILES string of the molecule is CN(CCOCC1CC1)Cc1ccc(F)c(B(O)O)c1. The van der Waals surface area contributed by atoms with Crippen molar-refractivity contribution in [2.45, 2.75) is 19.4 Å². The lowest BCUT2D eigenvalue weighted by Gasteiger charge is -2.17. The molecule has 1 aliphatic carbocycles. The van der Waals surface area contributed by atoms with Crippen LogP contribution in [0.5, 0.6) is 0 Å². The van der Waals surface area contributed by atoms with Crippen LogP contribution in [0.15, 0.2) is 18.2 Å². The summed E-state index contributed by atoms with van der Waals surface area (Å²) in [5, 5.41) is 18.2. The van der Waals surface area contributed by atoms with Crippen molar-refractivity contribution in [1.29, 1.82) is 0 Å². The fourth-order valence-corrected chi connectivity index (χ4v) is 2.04. The van der Waals surface area contributed by atoms with Gasteiger partial charge >= 0.3 is 7.12 Å². The van der Waals surface area contributed by atoms with E-state index in [4.69, 9.17) is 14.8 Å². The third-order valence-electron chi connectivity index (χ3n) is 3.46. The lowest BCUT2D eigenvalue weighted by molar-refractivity contribution is 0.102. The molecule has 0 bridgehead atoms. The highest BCUT2D eigenvalue weighted by atomic mass is 19.1. The molecule has 0 unspecified atom stereocenters. The zero-order chi connectivity index (χ0) is 14.5. The Hall–Kier alpha value is -0.945. The number of hydrogen-bond donors (Lipinski definition) is 2. The number of nitrogens with zero attached hydrogens (tertiary/aromatic N) is 1. The lowest BCUT2D eigenvalue weighted by atomic mass is 9.79. The highest BCUT2D eigenvalue weighted by molar-refractivity contribution is 6.58. The Morgan fingerprint density at radius 2 is 2.15 bits per heavy atom. The van der Waals surface area contributed by atoms with E-state index in [9.17, 15) is 4.39 Å². The second kappa shape index (κ2) is 7.17. The molecule has 0 radical (unpaired) electrons. The van der Waals surface area contributed by atoms with Gasteiger partial charge in [-0.15, -0.1) is 0 Å². The minimum absolute atomic E-state index is 0.0825. The Morgan fingerprint density at radius 3 is 2.80 bits per heavy atom. The van der Waals surface area contributed by atoms with Crippen LogP contribution in [-0.4, -0.2) is 48.9 Å². The van der Waals surface area contributed by atoms with Crippen LogP contribution in [0.25, 0.3) is 0 Å². The molecule has 0 saturated heterocycles. The maximum Gasteiger partial charge on any atom is 0.491 e. The summed E-state index contributed by atoms with van der Waals surface area (Å²) in [4.78, 5) is 2.06. The maximum absolute atomic E-state index is 13.3. The molecule has 1 aliphatic rings. The van der Waals surface area contributed by atoms with E-state index in [0.29, 0.717) is 13.2 Å².